The van der Waals surface area contributed by atoms with Crippen LogP contribution < -0.4 is 0 Å². The van der Waals surface area contributed by atoms with Gasteiger partial charge in [-0.25, -0.2) is 0 Å². The third-order valence-corrected chi connectivity index (χ3v) is 5.59. The van der Waals surface area contributed by atoms with E-state index in [9.17, 15) is 15.2 Å². The van der Waals surface area contributed by atoms with Crippen molar-refractivity contribution >= 4 is 17.7 Å². The van der Waals surface area contributed by atoms with Crippen LogP contribution >= 0.6 is 11.8 Å². The van der Waals surface area contributed by atoms with Crippen LogP contribution in [0.5, 0.6) is 0 Å². The summed E-state index contributed by atoms with van der Waals surface area (Å²) in [5.74, 6) is 0.742. The summed E-state index contributed by atoms with van der Waals surface area (Å²) in [5.41, 5.74) is 0.232. The van der Waals surface area contributed by atoms with Gasteiger partial charge >= 0.3 is 0 Å². The third-order valence-electron chi connectivity index (χ3n) is 4.59. The molecule has 1 amide bonds. The summed E-state index contributed by atoms with van der Waals surface area (Å²) in [6.07, 6.45) is 4.12. The molecule has 4 nitrogen and oxygen atoms in total. The lowest BCUT2D eigenvalue weighted by Gasteiger charge is -2.39. The first kappa shape index (κ1) is 17.8. The van der Waals surface area contributed by atoms with Crippen molar-refractivity contribution in [3.63, 3.8) is 0 Å². The molecule has 0 aromatic heterocycles. The number of hydrogen-bond donors (Lipinski definition) is 1. The molecule has 1 aliphatic carbocycles. The van der Waals surface area contributed by atoms with Gasteiger partial charge in [-0.05, 0) is 18.4 Å². The van der Waals surface area contributed by atoms with E-state index in [1.165, 1.54) is 11.8 Å². The maximum Gasteiger partial charge on any atom is 0.233 e. The van der Waals surface area contributed by atoms with E-state index in [4.69, 9.17) is 0 Å². The zero-order valence-corrected chi connectivity index (χ0v) is 14.4. The lowest BCUT2D eigenvalue weighted by Crippen LogP contribution is -2.50. The number of aliphatic hydroxyl groups excluding tert-OH is 1. The number of hydrogen-bond acceptors (Lipinski definition) is 4. The molecule has 5 heteroatoms. The minimum absolute atomic E-state index is 0.0290. The highest BCUT2D eigenvalue weighted by atomic mass is 32.2. The van der Waals surface area contributed by atoms with Gasteiger partial charge in [0.2, 0.25) is 5.91 Å². The number of benzene rings is 1. The van der Waals surface area contributed by atoms with Crippen LogP contribution in [0.3, 0.4) is 0 Å². The summed E-state index contributed by atoms with van der Waals surface area (Å²) in [4.78, 5) is 14.0. The van der Waals surface area contributed by atoms with Crippen LogP contribution in [0.25, 0.3) is 0 Å². The Morgan fingerprint density at radius 1 is 1.35 bits per heavy atom. The maximum atomic E-state index is 12.4. The van der Waals surface area contributed by atoms with E-state index in [2.05, 4.69) is 6.07 Å². The lowest BCUT2D eigenvalue weighted by molar-refractivity contribution is -0.131. The molecule has 0 spiro atoms. The first-order chi connectivity index (χ1) is 11.1. The average molecular weight is 332 g/mol. The molecule has 0 bridgehead atoms. The predicted molar refractivity (Wildman–Crippen MR) is 92.9 cm³/mol. The van der Waals surface area contributed by atoms with Crippen LogP contribution in [0.15, 0.2) is 30.3 Å². The van der Waals surface area contributed by atoms with Gasteiger partial charge < -0.3 is 10.0 Å². The molecule has 2 rings (SSSR count). The fraction of sp³-hybridized carbons (Fsp3) is 0.556. The summed E-state index contributed by atoms with van der Waals surface area (Å²) in [6, 6.07) is 11.8. The number of thioether (sulfide) groups is 1. The van der Waals surface area contributed by atoms with Gasteiger partial charge in [-0.15, -0.1) is 11.8 Å². The third kappa shape index (κ3) is 4.49. The van der Waals surface area contributed by atoms with Crippen molar-refractivity contribution in [2.24, 2.45) is 0 Å². The van der Waals surface area contributed by atoms with Gasteiger partial charge in [0.1, 0.15) is 5.54 Å². The molecule has 1 fully saturated rings. The van der Waals surface area contributed by atoms with Crippen molar-refractivity contribution in [3.05, 3.63) is 35.9 Å². The Labute approximate surface area is 142 Å². The maximum absolute atomic E-state index is 12.4. The molecule has 124 valence electrons. The lowest BCUT2D eigenvalue weighted by atomic mass is 9.81. The smallest absolute Gasteiger partial charge is 0.233 e. The van der Waals surface area contributed by atoms with Crippen LogP contribution in [-0.4, -0.2) is 40.0 Å². The molecule has 1 atom stereocenters. The topological polar surface area (TPSA) is 64.3 Å². The van der Waals surface area contributed by atoms with Crippen molar-refractivity contribution < 1.29 is 9.90 Å². The van der Waals surface area contributed by atoms with Crippen molar-refractivity contribution in [1.29, 1.82) is 5.26 Å². The summed E-state index contributed by atoms with van der Waals surface area (Å²) < 4.78 is 0. The second kappa shape index (κ2) is 8.37. The van der Waals surface area contributed by atoms with E-state index in [0.29, 0.717) is 11.5 Å². The summed E-state index contributed by atoms with van der Waals surface area (Å²) >= 11 is 1.42. The number of rotatable bonds is 6. The predicted octanol–water partition coefficient (Wildman–Crippen LogP) is 3.14. The fourth-order valence-corrected chi connectivity index (χ4v) is 3.93. The van der Waals surface area contributed by atoms with Gasteiger partial charge in [0, 0.05) is 12.8 Å². The minimum Gasteiger partial charge on any atom is -0.388 e. The largest absolute Gasteiger partial charge is 0.388 e. The zero-order chi connectivity index (χ0) is 16.7. The van der Waals surface area contributed by atoms with Crippen molar-refractivity contribution in [2.75, 3.05) is 18.6 Å². The fourth-order valence-electron chi connectivity index (χ4n) is 3.02. The van der Waals surface area contributed by atoms with Crippen molar-refractivity contribution in [1.82, 2.24) is 4.90 Å². The zero-order valence-electron chi connectivity index (χ0n) is 13.6. The molecule has 0 radical (unpaired) electrons. The normalized spacial score (nSPS) is 18.0. The molecule has 1 aliphatic rings. The second-order valence-electron chi connectivity index (χ2n) is 6.10. The van der Waals surface area contributed by atoms with Gasteiger partial charge in [0.15, 0.2) is 0 Å². The minimum atomic E-state index is -0.631. The molecule has 1 saturated carbocycles. The summed E-state index contributed by atoms with van der Waals surface area (Å²) in [7, 11) is 1.74. The molecule has 1 aromatic carbocycles. The van der Waals surface area contributed by atoms with Gasteiger partial charge in [-0.2, -0.15) is 5.26 Å². The average Bonchev–Trinajstić information content (AvgIpc) is 2.62. The van der Waals surface area contributed by atoms with Crippen molar-refractivity contribution in [3.8, 4) is 6.07 Å². The van der Waals surface area contributed by atoms with E-state index in [1.807, 2.05) is 30.3 Å². The monoisotopic (exact) mass is 332 g/mol. The Morgan fingerprint density at radius 2 is 2.00 bits per heavy atom. The Balaban J connectivity index is 1.83. The SMILES string of the molecule is CN(C(=O)CSCC(O)c1ccccc1)C1(C#N)CCCCC1. The molecule has 0 heterocycles. The molecule has 1 N–H and O–H groups in total. The number of amides is 1. The first-order valence-corrected chi connectivity index (χ1v) is 9.23. The van der Waals surface area contributed by atoms with Crippen LogP contribution in [0, 0.1) is 11.3 Å². The van der Waals surface area contributed by atoms with Gasteiger partial charge in [0.05, 0.1) is 17.9 Å². The van der Waals surface area contributed by atoms with Gasteiger partial charge in [-0.1, -0.05) is 49.6 Å². The molecular formula is C18H24N2O2S. The van der Waals surface area contributed by atoms with E-state index >= 15 is 0 Å². The second-order valence-corrected chi connectivity index (χ2v) is 7.13. The van der Waals surface area contributed by atoms with E-state index in [0.717, 1.165) is 37.7 Å². The van der Waals surface area contributed by atoms with E-state index in [-0.39, 0.29) is 5.91 Å². The van der Waals surface area contributed by atoms with Crippen LogP contribution in [-0.2, 0) is 4.79 Å². The number of carbonyl (C=O) groups is 1. The molecule has 0 aliphatic heterocycles. The van der Waals surface area contributed by atoms with Gasteiger partial charge in [-0.3, -0.25) is 4.79 Å². The molecule has 23 heavy (non-hydrogen) atoms. The van der Waals surface area contributed by atoms with Crippen LogP contribution in [0.1, 0.15) is 43.8 Å². The first-order valence-electron chi connectivity index (χ1n) is 8.08. The quantitative estimate of drug-likeness (QED) is 0.869. The van der Waals surface area contributed by atoms with E-state index < -0.39 is 11.6 Å². The number of nitriles is 1. The van der Waals surface area contributed by atoms with Crippen LogP contribution in [0.2, 0.25) is 0 Å². The molecule has 1 unspecified atom stereocenters. The molecular weight excluding hydrogens is 308 g/mol. The highest BCUT2D eigenvalue weighted by Gasteiger charge is 2.38. The Kier molecular flexibility index (Phi) is 6.49. The van der Waals surface area contributed by atoms with E-state index in [1.54, 1.807) is 11.9 Å². The highest BCUT2D eigenvalue weighted by molar-refractivity contribution is 7.99. The standard InChI is InChI=1S/C18H24N2O2S/c1-20(18(14-19)10-6-3-7-11-18)17(22)13-23-12-16(21)15-8-4-2-5-9-15/h2,4-5,8-9,16,21H,3,6-7,10-13H2,1H3. The Bertz CT molecular complexity index is 550. The number of nitrogens with zero attached hydrogens (tertiary/aromatic N) is 2. The summed E-state index contributed by atoms with van der Waals surface area (Å²) in [5, 5.41) is 19.7. The molecule has 1 aromatic rings. The number of carbonyl (C=O) groups excluding carboxylic acids is 1. The van der Waals surface area contributed by atoms with Gasteiger partial charge in [0.25, 0.3) is 0 Å². The Hall–Kier alpha value is -1.51. The number of aliphatic hydroxyl groups is 1. The summed E-state index contributed by atoms with van der Waals surface area (Å²) in [6.45, 7) is 0. The van der Waals surface area contributed by atoms with Crippen molar-refractivity contribution in [2.45, 2.75) is 43.7 Å². The molecule has 0 saturated heterocycles. The highest BCUT2D eigenvalue weighted by Crippen LogP contribution is 2.32. The Morgan fingerprint density at radius 3 is 2.61 bits per heavy atom. The van der Waals surface area contributed by atoms with Crippen LogP contribution in [0.4, 0.5) is 0 Å².